The van der Waals surface area contributed by atoms with Crippen molar-refractivity contribution in [3.05, 3.63) is 58.1 Å². The van der Waals surface area contributed by atoms with E-state index in [1.807, 2.05) is 38.8 Å². The lowest BCUT2D eigenvalue weighted by atomic mass is 10.1. The molecular weight excluding hydrogens is 473 g/mol. The summed E-state index contributed by atoms with van der Waals surface area (Å²) in [5.41, 5.74) is 1.32. The van der Waals surface area contributed by atoms with Crippen LogP contribution in [0, 0.1) is 18.3 Å². The maximum atomic E-state index is 12.8. The molecule has 10 heteroatoms. The smallest absolute Gasteiger partial charge is 0.416 e. The summed E-state index contributed by atoms with van der Waals surface area (Å²) >= 11 is 7.32. The van der Waals surface area contributed by atoms with Crippen LogP contribution in [0.15, 0.2) is 41.4 Å². The first-order valence-electron chi connectivity index (χ1n) is 9.82. The highest BCUT2D eigenvalue weighted by molar-refractivity contribution is 7.08. The summed E-state index contributed by atoms with van der Waals surface area (Å²) < 4.78 is 48.6. The van der Waals surface area contributed by atoms with Crippen molar-refractivity contribution in [1.82, 2.24) is 9.27 Å². The van der Waals surface area contributed by atoms with Gasteiger partial charge in [-0.3, -0.25) is 0 Å². The molecule has 172 valence electrons. The van der Waals surface area contributed by atoms with Crippen LogP contribution in [-0.4, -0.2) is 28.7 Å². The Balaban J connectivity index is 1.88. The van der Waals surface area contributed by atoms with Gasteiger partial charge in [-0.05, 0) is 44.5 Å². The first-order chi connectivity index (χ1) is 15.5. The lowest BCUT2D eigenvalue weighted by Crippen LogP contribution is -2.24. The number of benzene rings is 2. The van der Waals surface area contributed by atoms with Gasteiger partial charge in [-0.1, -0.05) is 23.7 Å². The summed E-state index contributed by atoms with van der Waals surface area (Å²) in [6.07, 6.45) is -2.75. The average Bonchev–Trinajstić information content (AvgIpc) is 3.16. The van der Waals surface area contributed by atoms with Crippen LogP contribution >= 0.6 is 23.1 Å². The van der Waals surface area contributed by atoms with Crippen LogP contribution in [0.1, 0.15) is 30.5 Å². The van der Waals surface area contributed by atoms with Gasteiger partial charge in [-0.15, -0.1) is 0 Å². The molecule has 0 saturated carbocycles. The van der Waals surface area contributed by atoms with Gasteiger partial charge in [0.25, 0.3) is 0 Å². The van der Waals surface area contributed by atoms with E-state index in [2.05, 4.69) is 9.37 Å². The first-order valence-corrected chi connectivity index (χ1v) is 11.0. The lowest BCUT2D eigenvalue weighted by molar-refractivity contribution is -0.137. The van der Waals surface area contributed by atoms with E-state index in [4.69, 9.17) is 16.3 Å². The zero-order valence-corrected chi connectivity index (χ0v) is 19.8. The second-order valence-corrected chi connectivity index (χ2v) is 8.70. The molecule has 0 radical (unpaired) electrons. The Morgan fingerprint density at radius 2 is 1.91 bits per heavy atom. The standard InChI is InChI=1S/C23H20ClF3N4OS/c1-13(2)31(4)12-29-19-9-14(3)20(10-18(19)24)32-22-17(11-28)21(30-33-22)15-5-7-16(8-6-15)23(25,26)27/h5-10,12-13H,1-4H3/b29-12-. The number of nitrogens with zero attached hydrogens (tertiary/aromatic N) is 4. The highest BCUT2D eigenvalue weighted by Crippen LogP contribution is 2.40. The van der Waals surface area contributed by atoms with Crippen molar-refractivity contribution in [1.29, 1.82) is 5.26 Å². The minimum absolute atomic E-state index is 0.135. The summed E-state index contributed by atoms with van der Waals surface area (Å²) in [5.74, 6) is 0.426. The number of alkyl halides is 3. The monoisotopic (exact) mass is 492 g/mol. The number of hydrogen-bond donors (Lipinski definition) is 0. The number of hydrogen-bond acceptors (Lipinski definition) is 5. The maximum Gasteiger partial charge on any atom is 0.416 e. The molecule has 3 rings (SSSR count). The van der Waals surface area contributed by atoms with Gasteiger partial charge >= 0.3 is 6.18 Å². The van der Waals surface area contributed by atoms with Gasteiger partial charge in [0.15, 0.2) is 0 Å². The quantitative estimate of drug-likeness (QED) is 0.265. The van der Waals surface area contributed by atoms with Crippen molar-refractivity contribution >= 4 is 35.2 Å². The number of aryl methyl sites for hydroxylation is 1. The van der Waals surface area contributed by atoms with Gasteiger partial charge in [0.05, 0.1) is 22.6 Å². The topological polar surface area (TPSA) is 61.5 Å². The Morgan fingerprint density at radius 1 is 1.24 bits per heavy atom. The SMILES string of the molecule is Cc1cc(/N=C\N(C)C(C)C)c(Cl)cc1Oc1snc(-c2ccc(C(F)(F)F)cc2)c1C#N. The second-order valence-electron chi connectivity index (χ2n) is 7.56. The number of rotatable bonds is 6. The Bertz CT molecular complexity index is 1210. The van der Waals surface area contributed by atoms with Gasteiger partial charge in [-0.25, -0.2) is 4.99 Å². The number of aromatic nitrogens is 1. The van der Waals surface area contributed by atoms with Crippen LogP contribution in [-0.2, 0) is 6.18 Å². The molecule has 0 aliphatic carbocycles. The number of nitriles is 1. The number of halogens is 4. The van der Waals surface area contributed by atoms with E-state index in [0.29, 0.717) is 22.0 Å². The van der Waals surface area contributed by atoms with Crippen LogP contribution < -0.4 is 4.74 Å². The largest absolute Gasteiger partial charge is 0.443 e. The zero-order valence-electron chi connectivity index (χ0n) is 18.2. The normalized spacial score (nSPS) is 11.8. The molecule has 1 aromatic heterocycles. The molecule has 0 saturated heterocycles. The van der Waals surface area contributed by atoms with Crippen molar-refractivity contribution in [3.63, 3.8) is 0 Å². The zero-order chi connectivity index (χ0) is 24.3. The second kappa shape index (κ2) is 9.81. The molecule has 0 spiro atoms. The lowest BCUT2D eigenvalue weighted by Gasteiger charge is -2.17. The first kappa shape index (κ1) is 24.6. The fourth-order valence-corrected chi connectivity index (χ4v) is 3.63. The highest BCUT2D eigenvalue weighted by atomic mass is 35.5. The third-order valence-electron chi connectivity index (χ3n) is 4.90. The predicted octanol–water partition coefficient (Wildman–Crippen LogP) is 7.45. The molecule has 33 heavy (non-hydrogen) atoms. The van der Waals surface area contributed by atoms with Gasteiger partial charge in [0.1, 0.15) is 23.1 Å². The molecule has 0 unspecified atom stereocenters. The van der Waals surface area contributed by atoms with Crippen LogP contribution in [0.4, 0.5) is 18.9 Å². The van der Waals surface area contributed by atoms with E-state index >= 15 is 0 Å². The summed E-state index contributed by atoms with van der Waals surface area (Å²) in [4.78, 5) is 6.35. The minimum atomic E-state index is -4.44. The van der Waals surface area contributed by atoms with E-state index in [-0.39, 0.29) is 22.4 Å². The Labute approximate surface area is 198 Å². The predicted molar refractivity (Wildman–Crippen MR) is 125 cm³/mol. The summed E-state index contributed by atoms with van der Waals surface area (Å²) in [7, 11) is 1.91. The third kappa shape index (κ3) is 5.64. The van der Waals surface area contributed by atoms with Gasteiger partial charge in [-0.2, -0.15) is 22.8 Å². The Morgan fingerprint density at radius 3 is 2.48 bits per heavy atom. The van der Waals surface area contributed by atoms with Crippen LogP contribution in [0.5, 0.6) is 10.8 Å². The van der Waals surface area contributed by atoms with Crippen molar-refractivity contribution in [2.75, 3.05) is 7.05 Å². The van der Waals surface area contributed by atoms with Crippen LogP contribution in [0.2, 0.25) is 5.02 Å². The molecular formula is C23H20ClF3N4OS. The molecule has 3 aromatic rings. The third-order valence-corrected chi connectivity index (χ3v) is 5.93. The molecule has 0 aliphatic rings. The minimum Gasteiger partial charge on any atom is -0.443 e. The molecule has 0 bridgehead atoms. The molecule has 0 fully saturated rings. The van der Waals surface area contributed by atoms with Crippen LogP contribution in [0.25, 0.3) is 11.3 Å². The summed E-state index contributed by atoms with van der Waals surface area (Å²) in [6.45, 7) is 5.90. The molecule has 2 aromatic carbocycles. The molecule has 5 nitrogen and oxygen atoms in total. The molecule has 0 atom stereocenters. The molecule has 1 heterocycles. The Kier molecular flexibility index (Phi) is 7.30. The van der Waals surface area contributed by atoms with E-state index in [1.165, 1.54) is 12.1 Å². The highest BCUT2D eigenvalue weighted by Gasteiger charge is 2.30. The van der Waals surface area contributed by atoms with E-state index in [1.54, 1.807) is 18.5 Å². The molecule has 0 amide bonds. The van der Waals surface area contributed by atoms with Crippen molar-refractivity contribution in [3.8, 4) is 28.1 Å². The van der Waals surface area contributed by atoms with E-state index < -0.39 is 11.7 Å². The number of ether oxygens (including phenoxy) is 1. The van der Waals surface area contributed by atoms with Gasteiger partial charge in [0.2, 0.25) is 5.06 Å². The summed E-state index contributed by atoms with van der Waals surface area (Å²) in [6, 6.07) is 10.2. The number of aliphatic imine (C=N–C) groups is 1. The Hall–Kier alpha value is -3.09. The van der Waals surface area contributed by atoms with Crippen molar-refractivity contribution < 1.29 is 17.9 Å². The van der Waals surface area contributed by atoms with Crippen molar-refractivity contribution in [2.24, 2.45) is 4.99 Å². The molecule has 0 aliphatic heterocycles. The fraction of sp³-hybridized carbons (Fsp3) is 0.261. The average molecular weight is 493 g/mol. The summed E-state index contributed by atoms with van der Waals surface area (Å²) in [5, 5.41) is 10.2. The maximum absolute atomic E-state index is 12.8. The molecule has 0 N–H and O–H groups in total. The van der Waals surface area contributed by atoms with Gasteiger partial charge in [0, 0.05) is 36.3 Å². The van der Waals surface area contributed by atoms with E-state index in [9.17, 15) is 18.4 Å². The van der Waals surface area contributed by atoms with Crippen LogP contribution in [0.3, 0.4) is 0 Å². The van der Waals surface area contributed by atoms with Gasteiger partial charge < -0.3 is 9.64 Å². The van der Waals surface area contributed by atoms with Crippen molar-refractivity contribution in [2.45, 2.75) is 33.0 Å². The van der Waals surface area contributed by atoms with E-state index in [0.717, 1.165) is 29.2 Å². The fourth-order valence-electron chi connectivity index (χ4n) is 2.70.